The third-order valence-electron chi connectivity index (χ3n) is 3.00. The van der Waals surface area contributed by atoms with E-state index in [1.54, 1.807) is 0 Å². The summed E-state index contributed by atoms with van der Waals surface area (Å²) in [6.45, 7) is 11.7. The van der Waals surface area contributed by atoms with Crippen LogP contribution in [-0.4, -0.2) is 47.6 Å². The Labute approximate surface area is 87.3 Å². The zero-order valence-corrected chi connectivity index (χ0v) is 9.70. The predicted octanol–water partition coefficient (Wildman–Crippen LogP) is 1.31. The fourth-order valence-electron chi connectivity index (χ4n) is 2.02. The van der Waals surface area contributed by atoms with Crippen molar-refractivity contribution in [2.24, 2.45) is 0 Å². The molecule has 3 nitrogen and oxygen atoms in total. The Morgan fingerprint density at radius 2 is 1.79 bits per heavy atom. The second kappa shape index (κ2) is 4.77. The number of hydrogen-bond donors (Lipinski definition) is 0. The molecule has 0 bridgehead atoms. The van der Waals surface area contributed by atoms with Crippen LogP contribution in [0.5, 0.6) is 0 Å². The first-order valence-electron chi connectivity index (χ1n) is 5.45. The van der Waals surface area contributed by atoms with Crippen molar-refractivity contribution in [3.63, 3.8) is 0 Å². The lowest BCUT2D eigenvalue weighted by atomic mass is 10.1. The molecule has 0 aromatic rings. The van der Waals surface area contributed by atoms with Crippen LogP contribution in [0.15, 0.2) is 0 Å². The molecule has 1 heterocycles. The summed E-state index contributed by atoms with van der Waals surface area (Å²) in [6.07, 6.45) is 0. The van der Waals surface area contributed by atoms with Gasteiger partial charge in [-0.25, -0.2) is 0 Å². The Bertz CT molecular complexity index is 217. The van der Waals surface area contributed by atoms with Crippen LogP contribution in [0.3, 0.4) is 0 Å². The molecule has 0 saturated carbocycles. The molecular formula is C11H21N3. The summed E-state index contributed by atoms with van der Waals surface area (Å²) in [5, 5.41) is 9.09. The van der Waals surface area contributed by atoms with E-state index in [2.05, 4.69) is 43.6 Å². The van der Waals surface area contributed by atoms with Crippen LogP contribution in [0.2, 0.25) is 0 Å². The molecule has 0 aromatic heterocycles. The number of piperazine rings is 1. The van der Waals surface area contributed by atoms with E-state index < -0.39 is 0 Å². The number of nitriles is 1. The van der Waals surface area contributed by atoms with Crippen LogP contribution in [0.25, 0.3) is 0 Å². The van der Waals surface area contributed by atoms with Crippen LogP contribution in [0, 0.1) is 11.3 Å². The van der Waals surface area contributed by atoms with Crippen LogP contribution in [0.1, 0.15) is 27.7 Å². The molecule has 0 spiro atoms. The van der Waals surface area contributed by atoms with Gasteiger partial charge in [0, 0.05) is 31.7 Å². The maximum Gasteiger partial charge on any atom is 0.111 e. The van der Waals surface area contributed by atoms with Gasteiger partial charge in [-0.1, -0.05) is 0 Å². The van der Waals surface area contributed by atoms with E-state index in [0.717, 1.165) is 19.6 Å². The average molecular weight is 195 g/mol. The van der Waals surface area contributed by atoms with E-state index >= 15 is 0 Å². The predicted molar refractivity (Wildman–Crippen MR) is 58.0 cm³/mol. The highest BCUT2D eigenvalue weighted by molar-refractivity contribution is 4.98. The molecule has 80 valence electrons. The van der Waals surface area contributed by atoms with E-state index in [-0.39, 0.29) is 6.04 Å². The zero-order valence-electron chi connectivity index (χ0n) is 9.70. The molecule has 14 heavy (non-hydrogen) atoms. The Hall–Kier alpha value is -0.590. The molecule has 1 fully saturated rings. The molecule has 1 atom stereocenters. The molecular weight excluding hydrogens is 174 g/mol. The monoisotopic (exact) mass is 195 g/mol. The minimum atomic E-state index is 0.0751. The van der Waals surface area contributed by atoms with E-state index in [1.807, 2.05) is 0 Å². The lowest BCUT2D eigenvalue weighted by Gasteiger charge is -2.42. The van der Waals surface area contributed by atoms with Crippen LogP contribution >= 0.6 is 0 Å². The number of nitrogens with zero attached hydrogens (tertiary/aromatic N) is 3. The van der Waals surface area contributed by atoms with Gasteiger partial charge in [-0.3, -0.25) is 9.80 Å². The van der Waals surface area contributed by atoms with Crippen LogP contribution < -0.4 is 0 Å². The Morgan fingerprint density at radius 1 is 1.14 bits per heavy atom. The topological polar surface area (TPSA) is 30.3 Å². The fourth-order valence-corrected chi connectivity index (χ4v) is 2.02. The van der Waals surface area contributed by atoms with E-state index in [1.165, 1.54) is 0 Å². The van der Waals surface area contributed by atoms with Gasteiger partial charge in [0.15, 0.2) is 0 Å². The Balaban J connectivity index is 2.60. The standard InChI is InChI=1S/C11H21N3/c1-9(2)13-5-6-14(10(3)4)11(7-12)8-13/h9-11H,5-6,8H2,1-4H3. The normalized spacial score (nSPS) is 25.6. The van der Waals surface area contributed by atoms with Gasteiger partial charge < -0.3 is 0 Å². The minimum Gasteiger partial charge on any atom is -0.297 e. The zero-order chi connectivity index (χ0) is 10.7. The van der Waals surface area contributed by atoms with Crippen LogP contribution in [0.4, 0.5) is 0 Å². The van der Waals surface area contributed by atoms with Gasteiger partial charge in [-0.05, 0) is 27.7 Å². The first-order valence-corrected chi connectivity index (χ1v) is 5.45. The first-order chi connectivity index (χ1) is 6.56. The van der Waals surface area contributed by atoms with Gasteiger partial charge in [0.05, 0.1) is 6.07 Å². The molecule has 0 N–H and O–H groups in total. The number of hydrogen-bond acceptors (Lipinski definition) is 3. The first kappa shape index (κ1) is 11.5. The summed E-state index contributed by atoms with van der Waals surface area (Å²) < 4.78 is 0. The second-order valence-corrected chi connectivity index (χ2v) is 4.57. The van der Waals surface area contributed by atoms with Gasteiger partial charge in [0.2, 0.25) is 0 Å². The van der Waals surface area contributed by atoms with Crippen molar-refractivity contribution in [1.29, 1.82) is 5.26 Å². The summed E-state index contributed by atoms with van der Waals surface area (Å²) in [4.78, 5) is 4.67. The van der Waals surface area contributed by atoms with E-state index in [0.29, 0.717) is 12.1 Å². The van der Waals surface area contributed by atoms with Crippen molar-refractivity contribution in [2.45, 2.75) is 45.8 Å². The molecule has 0 amide bonds. The van der Waals surface area contributed by atoms with Gasteiger partial charge in [-0.15, -0.1) is 0 Å². The highest BCUT2D eigenvalue weighted by Gasteiger charge is 2.29. The van der Waals surface area contributed by atoms with Crippen molar-refractivity contribution >= 4 is 0 Å². The second-order valence-electron chi connectivity index (χ2n) is 4.57. The molecule has 1 aliphatic rings. The SMILES string of the molecule is CC(C)N1CCN(C(C)C)C(C#N)C1. The molecule has 0 aromatic carbocycles. The summed E-state index contributed by atoms with van der Waals surface area (Å²) >= 11 is 0. The maximum atomic E-state index is 9.09. The molecule has 1 aliphatic heterocycles. The van der Waals surface area contributed by atoms with Crippen molar-refractivity contribution in [3.8, 4) is 6.07 Å². The maximum absolute atomic E-state index is 9.09. The third kappa shape index (κ3) is 2.46. The Morgan fingerprint density at radius 3 is 2.21 bits per heavy atom. The largest absolute Gasteiger partial charge is 0.297 e. The van der Waals surface area contributed by atoms with Gasteiger partial charge in [0.25, 0.3) is 0 Å². The third-order valence-corrected chi connectivity index (χ3v) is 3.00. The minimum absolute atomic E-state index is 0.0751. The van der Waals surface area contributed by atoms with Gasteiger partial charge in [0.1, 0.15) is 6.04 Å². The molecule has 1 rings (SSSR count). The Kier molecular flexibility index (Phi) is 3.91. The average Bonchev–Trinajstić information content (AvgIpc) is 2.16. The summed E-state index contributed by atoms with van der Waals surface area (Å²) in [7, 11) is 0. The molecule has 1 saturated heterocycles. The highest BCUT2D eigenvalue weighted by Crippen LogP contribution is 2.14. The summed E-state index contributed by atoms with van der Waals surface area (Å²) in [6, 6.07) is 3.52. The van der Waals surface area contributed by atoms with Crippen molar-refractivity contribution < 1.29 is 0 Å². The van der Waals surface area contributed by atoms with Crippen molar-refractivity contribution in [2.75, 3.05) is 19.6 Å². The van der Waals surface area contributed by atoms with E-state index in [4.69, 9.17) is 5.26 Å². The fraction of sp³-hybridized carbons (Fsp3) is 0.909. The van der Waals surface area contributed by atoms with Gasteiger partial charge in [-0.2, -0.15) is 5.26 Å². The van der Waals surface area contributed by atoms with Crippen molar-refractivity contribution in [3.05, 3.63) is 0 Å². The van der Waals surface area contributed by atoms with Crippen molar-refractivity contribution in [1.82, 2.24) is 9.80 Å². The quantitative estimate of drug-likeness (QED) is 0.665. The van der Waals surface area contributed by atoms with Gasteiger partial charge >= 0.3 is 0 Å². The lowest BCUT2D eigenvalue weighted by molar-refractivity contribution is 0.0600. The number of rotatable bonds is 2. The lowest BCUT2D eigenvalue weighted by Crippen LogP contribution is -2.56. The smallest absolute Gasteiger partial charge is 0.111 e. The molecule has 0 radical (unpaired) electrons. The highest BCUT2D eigenvalue weighted by atomic mass is 15.3. The summed E-state index contributed by atoms with van der Waals surface area (Å²) in [5.74, 6) is 0. The molecule has 0 aliphatic carbocycles. The molecule has 1 unspecified atom stereocenters. The molecule has 3 heteroatoms. The van der Waals surface area contributed by atoms with E-state index in [9.17, 15) is 0 Å². The summed E-state index contributed by atoms with van der Waals surface area (Å²) in [5.41, 5.74) is 0. The van der Waals surface area contributed by atoms with Crippen LogP contribution in [-0.2, 0) is 0 Å².